The first-order valence-corrected chi connectivity index (χ1v) is 20.8. The van der Waals surface area contributed by atoms with Crippen LogP contribution in [0.1, 0.15) is 31.8 Å². The van der Waals surface area contributed by atoms with Crippen molar-refractivity contribution in [3.05, 3.63) is 177 Å². The molecular formula is C47H42N10O9. The molecule has 1 fully saturated rings. The fraction of sp³-hybridized carbons (Fsp3) is 0.170. The average molecular weight is 891 g/mol. The minimum absolute atomic E-state index is 0.215. The molecule has 0 radical (unpaired) electrons. The third-order valence-corrected chi connectivity index (χ3v) is 11.5. The van der Waals surface area contributed by atoms with E-state index in [0.717, 1.165) is 35.6 Å². The van der Waals surface area contributed by atoms with E-state index in [9.17, 15) is 39.6 Å². The molecule has 0 unspecified atom stereocenters. The first kappa shape index (κ1) is 42.7. The normalized spacial score (nSPS) is 17.5. The zero-order chi connectivity index (χ0) is 46.1. The van der Waals surface area contributed by atoms with Gasteiger partial charge in [0.25, 0.3) is 11.8 Å². The molecular weight excluding hydrogens is 849 g/mol. The fourth-order valence-electron chi connectivity index (χ4n) is 8.14. The number of aliphatic hydroxyl groups is 2. The van der Waals surface area contributed by atoms with Crippen LogP contribution in [0.3, 0.4) is 0 Å². The lowest BCUT2D eigenvalue weighted by atomic mass is 9.97. The number of H-pyrrole nitrogens is 2. The third-order valence-electron chi connectivity index (χ3n) is 11.5. The van der Waals surface area contributed by atoms with Crippen LogP contribution in [0.25, 0.3) is 22.1 Å². The highest BCUT2D eigenvalue weighted by Gasteiger charge is 2.46. The predicted octanol–water partition coefficient (Wildman–Crippen LogP) is 3.98. The minimum atomic E-state index is -1.70. The Balaban J connectivity index is 1.07. The molecule has 19 heteroatoms. The van der Waals surface area contributed by atoms with Crippen LogP contribution in [0.4, 0.5) is 16.7 Å². The number of rotatable bonds is 12. The minimum Gasteiger partial charge on any atom is -0.503 e. The molecule has 8 aromatic rings. The fourth-order valence-corrected chi connectivity index (χ4v) is 8.14. The van der Waals surface area contributed by atoms with Crippen LogP contribution < -0.4 is 21.5 Å². The van der Waals surface area contributed by atoms with Crippen molar-refractivity contribution in [1.29, 1.82) is 0 Å². The number of hydrogen-bond donors (Lipinski definition) is 8. The summed E-state index contributed by atoms with van der Waals surface area (Å²) >= 11 is 0. The van der Waals surface area contributed by atoms with Gasteiger partial charge >= 0.3 is 6.03 Å². The van der Waals surface area contributed by atoms with Crippen molar-refractivity contribution in [2.75, 3.05) is 10.6 Å². The number of carbonyl (C=O) groups excluding carboxylic acids is 3. The number of para-hydroxylation sites is 4. The van der Waals surface area contributed by atoms with E-state index in [1.165, 1.54) is 31.3 Å². The van der Waals surface area contributed by atoms with E-state index in [1.807, 2.05) is 36.4 Å². The molecule has 5 heterocycles. The molecule has 9 rings (SSSR count). The quantitative estimate of drug-likeness (QED) is 0.0870. The average Bonchev–Trinajstić information content (AvgIpc) is 3.92. The Morgan fingerprint density at radius 1 is 0.576 bits per heavy atom. The maximum atomic E-state index is 15.4. The summed E-state index contributed by atoms with van der Waals surface area (Å²) < 4.78 is 2.81. The van der Waals surface area contributed by atoms with Crippen LogP contribution in [0.5, 0.6) is 11.5 Å². The second-order valence-corrected chi connectivity index (χ2v) is 16.0. The summed E-state index contributed by atoms with van der Waals surface area (Å²) in [4.78, 5) is 84.6. The molecule has 4 amide bonds. The van der Waals surface area contributed by atoms with Crippen LogP contribution in [0, 0.1) is 0 Å². The number of nitrogens with one attached hydrogen (secondary N) is 4. The van der Waals surface area contributed by atoms with Crippen molar-refractivity contribution in [2.24, 2.45) is 0 Å². The number of aromatic amines is 2. The summed E-state index contributed by atoms with van der Waals surface area (Å²) in [5.74, 6) is -1.70. The molecule has 0 aliphatic carbocycles. The number of aromatic hydroxyl groups is 2. The molecule has 0 spiro atoms. The van der Waals surface area contributed by atoms with Gasteiger partial charge in [0.1, 0.15) is 12.2 Å². The number of urea groups is 1. The van der Waals surface area contributed by atoms with Gasteiger partial charge in [0.15, 0.2) is 11.5 Å². The largest absolute Gasteiger partial charge is 0.503 e. The maximum Gasteiger partial charge on any atom is 0.321 e. The van der Waals surface area contributed by atoms with Crippen LogP contribution in [-0.2, 0) is 26.2 Å². The summed E-state index contributed by atoms with van der Waals surface area (Å²) in [6, 6.07) is 26.6. The van der Waals surface area contributed by atoms with E-state index in [-0.39, 0.29) is 49.2 Å². The summed E-state index contributed by atoms with van der Waals surface area (Å²) in [6.45, 7) is -0.873. The molecule has 8 N–H and O–H groups in total. The Morgan fingerprint density at radius 2 is 1.00 bits per heavy atom. The van der Waals surface area contributed by atoms with E-state index in [4.69, 9.17) is 0 Å². The Hall–Kier alpha value is -8.55. The number of fused-ring (bicyclic) bond motifs is 2. The number of nitrogens with zero attached hydrogens (tertiary/aromatic N) is 6. The lowest BCUT2D eigenvalue weighted by molar-refractivity contribution is -0.0475. The van der Waals surface area contributed by atoms with E-state index < -0.39 is 64.5 Å². The third kappa shape index (κ3) is 8.96. The van der Waals surface area contributed by atoms with E-state index in [2.05, 4.69) is 30.6 Å². The second kappa shape index (κ2) is 17.9. The molecule has 1 saturated heterocycles. The smallest absolute Gasteiger partial charge is 0.321 e. The second-order valence-electron chi connectivity index (χ2n) is 16.0. The van der Waals surface area contributed by atoms with Crippen molar-refractivity contribution >= 4 is 51.8 Å². The topological polar surface area (TPSA) is 264 Å². The SMILES string of the molecule is O=C(Nc1nc2ccccc2[nH]1)c1cccc(CN2C(=O)N(Cc3cccc(C(=O)Nc4nc5ccccc5[nH]4)c3)[C@H](Cn3ccc(=O)c(O)c3)[C@H](O)[C@@H](O)[C@H]2Cn2ccc(=O)c(O)c2)c1. The summed E-state index contributed by atoms with van der Waals surface area (Å²) in [5.41, 5.74) is 2.83. The number of amides is 4. The lowest BCUT2D eigenvalue weighted by Crippen LogP contribution is -2.51. The number of imidazole rings is 2. The zero-order valence-corrected chi connectivity index (χ0v) is 34.9. The summed E-state index contributed by atoms with van der Waals surface area (Å²) in [5, 5.41) is 50.7. The van der Waals surface area contributed by atoms with Gasteiger partial charge in [-0.3, -0.25) is 29.8 Å². The van der Waals surface area contributed by atoms with Crippen LogP contribution in [-0.4, -0.2) is 101 Å². The van der Waals surface area contributed by atoms with Crippen molar-refractivity contribution in [3.8, 4) is 11.5 Å². The maximum absolute atomic E-state index is 15.4. The van der Waals surface area contributed by atoms with Crippen LogP contribution >= 0.6 is 0 Å². The van der Waals surface area contributed by atoms with Crippen molar-refractivity contribution < 1.29 is 34.8 Å². The van der Waals surface area contributed by atoms with Gasteiger partial charge in [-0.05, 0) is 59.7 Å². The van der Waals surface area contributed by atoms with Gasteiger partial charge in [-0.1, -0.05) is 48.5 Å². The van der Waals surface area contributed by atoms with E-state index in [0.29, 0.717) is 22.2 Å². The zero-order valence-electron chi connectivity index (χ0n) is 34.9. The number of aromatic nitrogens is 6. The highest BCUT2D eigenvalue weighted by Crippen LogP contribution is 2.29. The summed E-state index contributed by atoms with van der Waals surface area (Å²) in [6.07, 6.45) is 1.66. The number of benzene rings is 4. The monoisotopic (exact) mass is 890 g/mol. The number of pyridine rings is 2. The van der Waals surface area contributed by atoms with Gasteiger partial charge < -0.3 is 49.3 Å². The van der Waals surface area contributed by atoms with E-state index in [1.54, 1.807) is 60.7 Å². The van der Waals surface area contributed by atoms with Gasteiger partial charge in [-0.25, -0.2) is 14.8 Å². The van der Waals surface area contributed by atoms with Gasteiger partial charge in [0.05, 0.1) is 34.2 Å². The molecule has 4 aromatic heterocycles. The van der Waals surface area contributed by atoms with Crippen LogP contribution in [0.15, 0.2) is 144 Å². The molecule has 4 aromatic carbocycles. The first-order valence-electron chi connectivity index (χ1n) is 20.8. The highest BCUT2D eigenvalue weighted by atomic mass is 16.3. The highest BCUT2D eigenvalue weighted by molar-refractivity contribution is 6.04. The molecule has 66 heavy (non-hydrogen) atoms. The molecule has 1 aliphatic heterocycles. The van der Waals surface area contributed by atoms with Crippen molar-refractivity contribution in [3.63, 3.8) is 0 Å². The molecule has 0 bridgehead atoms. The molecule has 334 valence electrons. The predicted molar refractivity (Wildman–Crippen MR) is 242 cm³/mol. The Morgan fingerprint density at radius 3 is 1.41 bits per heavy atom. The Kier molecular flexibility index (Phi) is 11.6. The van der Waals surface area contributed by atoms with E-state index >= 15 is 4.79 Å². The van der Waals surface area contributed by atoms with Gasteiger partial charge in [-0.2, -0.15) is 0 Å². The number of aliphatic hydroxyl groups excluding tert-OH is 2. The van der Waals surface area contributed by atoms with Gasteiger partial charge in [0, 0.05) is 74.2 Å². The lowest BCUT2D eigenvalue weighted by Gasteiger charge is -2.36. The Bertz CT molecular complexity index is 2970. The Labute approximate surface area is 373 Å². The van der Waals surface area contributed by atoms with Crippen molar-refractivity contribution in [1.82, 2.24) is 38.9 Å². The van der Waals surface area contributed by atoms with Crippen molar-refractivity contribution in [2.45, 2.75) is 50.5 Å². The summed E-state index contributed by atoms with van der Waals surface area (Å²) in [7, 11) is 0. The van der Waals surface area contributed by atoms with Crippen LogP contribution in [0.2, 0.25) is 0 Å². The standard InChI is InChI=1S/C47H42N10O9/c58-37-15-17-54(25-39(37)60)23-35-41(62)42(63)36(24-55-18-16-38(59)40(61)26-55)57(22-28-8-6-10-30(20-28)44(65)53-46-50-33-13-3-4-14-34(33)51-46)47(66)56(35)21-27-7-5-9-29(19-27)43(64)52-45-48-31-11-1-2-12-32(31)49-45/h1-20,25-26,35-36,41-42,60-63H,21-24H2,(H2,48,49,52,64)(H2,50,51,53,65)/t35-,36-,41+,42+/m1/s1. The van der Waals surface area contributed by atoms with Gasteiger partial charge in [0.2, 0.25) is 22.8 Å². The molecule has 0 saturated carbocycles. The first-order chi connectivity index (χ1) is 31.9. The molecule has 19 nitrogen and oxygen atoms in total. The number of hydrogen-bond acceptors (Lipinski definition) is 11. The molecule has 1 aliphatic rings. The van der Waals surface area contributed by atoms with Gasteiger partial charge in [-0.15, -0.1) is 0 Å². The molecule has 4 atom stereocenters. The number of anilines is 2. The number of carbonyl (C=O) groups is 3.